The van der Waals surface area contributed by atoms with E-state index in [1.807, 2.05) is 6.92 Å². The Morgan fingerprint density at radius 3 is 3.26 bits per heavy atom. The summed E-state index contributed by atoms with van der Waals surface area (Å²) in [6.07, 6.45) is 5.04. The number of amides is 2. The average molecular weight is 284 g/mol. The molecule has 0 bridgehead atoms. The first-order valence-corrected chi connectivity index (χ1v) is 6.87. The van der Waals surface area contributed by atoms with Crippen LogP contribution in [-0.2, 0) is 0 Å². The van der Waals surface area contributed by atoms with E-state index < -0.39 is 0 Å². The van der Waals surface area contributed by atoms with Crippen LogP contribution in [0, 0.1) is 0 Å². The highest BCUT2D eigenvalue weighted by molar-refractivity contribution is 6.31. The summed E-state index contributed by atoms with van der Waals surface area (Å²) in [6.45, 7) is 3.91. The first-order chi connectivity index (χ1) is 9.20. The molecule has 5 nitrogen and oxygen atoms in total. The molecular weight excluding hydrogens is 266 g/mol. The third-order valence-electron chi connectivity index (χ3n) is 3.02. The number of carbonyl (C=O) groups excluding carboxylic acids is 1. The summed E-state index contributed by atoms with van der Waals surface area (Å²) in [5.41, 5.74) is 0. The van der Waals surface area contributed by atoms with Gasteiger partial charge in [-0.15, -0.1) is 0 Å². The van der Waals surface area contributed by atoms with Crippen molar-refractivity contribution in [3.8, 4) is 5.75 Å². The number of likely N-dealkylation sites (tertiary alicyclic amines) is 1. The number of hydrogen-bond donors (Lipinski definition) is 1. The SMILES string of the molecule is CCNC(=O)N1CCCC(Oc2ccncc2Cl)C1. The number of hydrogen-bond acceptors (Lipinski definition) is 3. The van der Waals surface area contributed by atoms with Gasteiger partial charge in [-0.05, 0) is 19.8 Å². The Hall–Kier alpha value is -1.49. The van der Waals surface area contributed by atoms with Crippen LogP contribution in [0.15, 0.2) is 18.5 Å². The molecule has 1 saturated heterocycles. The first-order valence-electron chi connectivity index (χ1n) is 6.49. The van der Waals surface area contributed by atoms with Crippen molar-refractivity contribution >= 4 is 17.6 Å². The number of pyridine rings is 1. The third kappa shape index (κ3) is 3.73. The molecule has 0 aliphatic carbocycles. The van der Waals surface area contributed by atoms with Gasteiger partial charge in [-0.25, -0.2) is 4.79 Å². The van der Waals surface area contributed by atoms with E-state index in [0.29, 0.717) is 23.9 Å². The quantitative estimate of drug-likeness (QED) is 0.926. The summed E-state index contributed by atoms with van der Waals surface area (Å²) in [7, 11) is 0. The van der Waals surface area contributed by atoms with Crippen molar-refractivity contribution in [2.45, 2.75) is 25.9 Å². The Labute approximate surface area is 117 Å². The molecule has 1 unspecified atom stereocenters. The van der Waals surface area contributed by atoms with E-state index in [1.54, 1.807) is 23.4 Å². The molecule has 1 atom stereocenters. The molecule has 0 aromatic carbocycles. The number of rotatable bonds is 3. The van der Waals surface area contributed by atoms with E-state index in [0.717, 1.165) is 19.4 Å². The van der Waals surface area contributed by atoms with E-state index in [9.17, 15) is 4.79 Å². The maximum Gasteiger partial charge on any atom is 0.317 e. The molecule has 1 aromatic rings. The van der Waals surface area contributed by atoms with E-state index in [2.05, 4.69) is 10.3 Å². The highest BCUT2D eigenvalue weighted by Gasteiger charge is 2.24. The minimum Gasteiger partial charge on any atom is -0.487 e. The molecule has 2 heterocycles. The Morgan fingerprint density at radius 1 is 1.68 bits per heavy atom. The Morgan fingerprint density at radius 2 is 2.53 bits per heavy atom. The van der Waals surface area contributed by atoms with E-state index >= 15 is 0 Å². The van der Waals surface area contributed by atoms with Gasteiger partial charge in [-0.2, -0.15) is 0 Å². The van der Waals surface area contributed by atoms with Crippen molar-refractivity contribution in [3.05, 3.63) is 23.5 Å². The lowest BCUT2D eigenvalue weighted by Gasteiger charge is -2.32. The molecule has 1 N–H and O–H groups in total. The van der Waals surface area contributed by atoms with E-state index in [4.69, 9.17) is 16.3 Å². The second-order valence-corrected chi connectivity index (χ2v) is 4.88. The van der Waals surface area contributed by atoms with Crippen LogP contribution in [0.2, 0.25) is 5.02 Å². The second kappa shape index (κ2) is 6.61. The fourth-order valence-corrected chi connectivity index (χ4v) is 2.28. The van der Waals surface area contributed by atoms with Gasteiger partial charge in [-0.3, -0.25) is 4.98 Å². The van der Waals surface area contributed by atoms with Crippen LogP contribution >= 0.6 is 11.6 Å². The van der Waals surface area contributed by atoms with Crippen LogP contribution in [0.4, 0.5) is 4.79 Å². The zero-order chi connectivity index (χ0) is 13.7. The number of carbonyl (C=O) groups is 1. The maximum absolute atomic E-state index is 11.8. The first kappa shape index (κ1) is 13.9. The fraction of sp³-hybridized carbons (Fsp3) is 0.538. The van der Waals surface area contributed by atoms with Crippen LogP contribution in [0.1, 0.15) is 19.8 Å². The smallest absolute Gasteiger partial charge is 0.317 e. The lowest BCUT2D eigenvalue weighted by atomic mass is 10.1. The molecule has 1 aliphatic heterocycles. The highest BCUT2D eigenvalue weighted by atomic mass is 35.5. The van der Waals surface area contributed by atoms with Crippen molar-refractivity contribution in [2.75, 3.05) is 19.6 Å². The van der Waals surface area contributed by atoms with E-state index in [-0.39, 0.29) is 12.1 Å². The second-order valence-electron chi connectivity index (χ2n) is 4.47. The third-order valence-corrected chi connectivity index (χ3v) is 3.31. The van der Waals surface area contributed by atoms with Crippen LogP contribution in [0.5, 0.6) is 5.75 Å². The number of aromatic nitrogens is 1. The molecule has 1 aliphatic rings. The summed E-state index contributed by atoms with van der Waals surface area (Å²) in [4.78, 5) is 17.5. The Balaban J connectivity index is 1.94. The monoisotopic (exact) mass is 283 g/mol. The van der Waals surface area contributed by atoms with Gasteiger partial charge in [0.2, 0.25) is 0 Å². The highest BCUT2D eigenvalue weighted by Crippen LogP contribution is 2.25. The predicted molar refractivity (Wildman–Crippen MR) is 73.5 cm³/mol. The van der Waals surface area contributed by atoms with Gasteiger partial charge in [0.15, 0.2) is 0 Å². The summed E-state index contributed by atoms with van der Waals surface area (Å²) in [5.74, 6) is 0.624. The zero-order valence-corrected chi connectivity index (χ0v) is 11.7. The van der Waals surface area contributed by atoms with Crippen LogP contribution < -0.4 is 10.1 Å². The standard InChI is InChI=1S/C13H18ClN3O2/c1-2-16-13(18)17-7-3-4-10(9-17)19-12-5-6-15-8-11(12)14/h5-6,8,10H,2-4,7,9H2,1H3,(H,16,18). The van der Waals surface area contributed by atoms with Gasteiger partial charge < -0.3 is 15.0 Å². The zero-order valence-electron chi connectivity index (χ0n) is 10.9. The number of nitrogens with zero attached hydrogens (tertiary/aromatic N) is 2. The van der Waals surface area contributed by atoms with Gasteiger partial charge in [0.25, 0.3) is 0 Å². The topological polar surface area (TPSA) is 54.5 Å². The molecule has 2 rings (SSSR count). The van der Waals surface area contributed by atoms with Crippen molar-refractivity contribution in [3.63, 3.8) is 0 Å². The molecule has 0 radical (unpaired) electrons. The van der Waals surface area contributed by atoms with Crippen LogP contribution in [0.25, 0.3) is 0 Å². The van der Waals surface area contributed by atoms with E-state index in [1.165, 1.54) is 0 Å². The Bertz CT molecular complexity index is 442. The predicted octanol–water partition coefficient (Wildman–Crippen LogP) is 2.31. The molecular formula is C13H18ClN3O2. The maximum atomic E-state index is 11.8. The number of piperidine rings is 1. The lowest BCUT2D eigenvalue weighted by Crippen LogP contribution is -2.48. The average Bonchev–Trinajstić information content (AvgIpc) is 2.42. The molecule has 19 heavy (non-hydrogen) atoms. The van der Waals surface area contributed by atoms with Crippen molar-refractivity contribution in [1.82, 2.24) is 15.2 Å². The summed E-state index contributed by atoms with van der Waals surface area (Å²) in [6, 6.07) is 1.71. The summed E-state index contributed by atoms with van der Waals surface area (Å²) < 4.78 is 5.85. The van der Waals surface area contributed by atoms with Crippen molar-refractivity contribution < 1.29 is 9.53 Å². The van der Waals surface area contributed by atoms with Gasteiger partial charge >= 0.3 is 6.03 Å². The fourth-order valence-electron chi connectivity index (χ4n) is 2.12. The molecule has 1 fully saturated rings. The van der Waals surface area contributed by atoms with Crippen molar-refractivity contribution in [1.29, 1.82) is 0 Å². The molecule has 2 amide bonds. The number of ether oxygens (including phenoxy) is 1. The summed E-state index contributed by atoms with van der Waals surface area (Å²) in [5, 5.41) is 3.30. The van der Waals surface area contributed by atoms with Crippen molar-refractivity contribution in [2.24, 2.45) is 0 Å². The minimum absolute atomic E-state index is 0.0174. The number of halogens is 1. The normalized spacial score (nSPS) is 19.1. The van der Waals surface area contributed by atoms with Crippen LogP contribution in [-0.4, -0.2) is 41.7 Å². The summed E-state index contributed by atoms with van der Waals surface area (Å²) >= 11 is 6.01. The van der Waals surface area contributed by atoms with Gasteiger partial charge in [0.1, 0.15) is 16.9 Å². The minimum atomic E-state index is -0.0309. The Kier molecular flexibility index (Phi) is 4.85. The van der Waals surface area contributed by atoms with Crippen LogP contribution in [0.3, 0.4) is 0 Å². The molecule has 6 heteroatoms. The molecule has 0 spiro atoms. The molecule has 0 saturated carbocycles. The van der Waals surface area contributed by atoms with Gasteiger partial charge in [-0.1, -0.05) is 11.6 Å². The molecule has 1 aromatic heterocycles. The number of urea groups is 1. The van der Waals surface area contributed by atoms with Gasteiger partial charge in [0, 0.05) is 31.5 Å². The van der Waals surface area contributed by atoms with Gasteiger partial charge in [0.05, 0.1) is 6.54 Å². The largest absolute Gasteiger partial charge is 0.487 e. The number of nitrogens with one attached hydrogen (secondary N) is 1. The lowest BCUT2D eigenvalue weighted by molar-refractivity contribution is 0.102. The molecule has 104 valence electrons.